The second kappa shape index (κ2) is 6.51. The Morgan fingerprint density at radius 3 is 2.81 bits per heavy atom. The van der Waals surface area contributed by atoms with E-state index in [1.165, 1.54) is 0 Å². The van der Waals surface area contributed by atoms with Gasteiger partial charge >= 0.3 is 0 Å². The fourth-order valence-corrected chi connectivity index (χ4v) is 2.10. The average Bonchev–Trinajstić information content (AvgIpc) is 3.04. The first-order valence-electron chi connectivity index (χ1n) is 7.21. The molecule has 7 nitrogen and oxygen atoms in total. The van der Waals surface area contributed by atoms with Crippen LogP contribution >= 0.6 is 0 Å². The van der Waals surface area contributed by atoms with Crippen molar-refractivity contribution in [1.29, 1.82) is 0 Å². The van der Waals surface area contributed by atoms with Crippen molar-refractivity contribution in [3.05, 3.63) is 29.6 Å². The van der Waals surface area contributed by atoms with E-state index in [1.54, 1.807) is 18.1 Å². The zero-order chi connectivity index (χ0) is 15.4. The second-order valence-electron chi connectivity index (χ2n) is 5.27. The first-order chi connectivity index (χ1) is 10.0. The van der Waals surface area contributed by atoms with Crippen molar-refractivity contribution in [3.63, 3.8) is 0 Å². The Balaban J connectivity index is 1.93. The molecule has 0 aliphatic rings. The maximum Gasteiger partial charge on any atom is 0.269 e. The highest BCUT2D eigenvalue weighted by atomic mass is 16.2. The minimum absolute atomic E-state index is 0.112. The Morgan fingerprint density at radius 1 is 1.43 bits per heavy atom. The van der Waals surface area contributed by atoms with Crippen LogP contribution in [0.1, 0.15) is 48.7 Å². The number of carbonyl (C=O) groups excluding carboxylic acids is 1. The minimum Gasteiger partial charge on any atom is -0.350 e. The molecule has 0 fully saturated rings. The van der Waals surface area contributed by atoms with Crippen LogP contribution in [-0.2, 0) is 20.0 Å². The van der Waals surface area contributed by atoms with E-state index in [0.717, 1.165) is 18.1 Å². The monoisotopic (exact) mass is 290 g/mol. The molecule has 0 bridgehead atoms. The molecule has 0 saturated heterocycles. The number of nitrogens with one attached hydrogen (secondary N) is 1. The van der Waals surface area contributed by atoms with Crippen molar-refractivity contribution in [3.8, 4) is 0 Å². The molecule has 0 aliphatic carbocycles. The molecule has 0 unspecified atom stereocenters. The third-order valence-corrected chi connectivity index (χ3v) is 3.39. The molecule has 2 heterocycles. The van der Waals surface area contributed by atoms with Crippen LogP contribution in [0.3, 0.4) is 0 Å². The quantitative estimate of drug-likeness (QED) is 0.865. The van der Waals surface area contributed by atoms with Crippen LogP contribution in [0.5, 0.6) is 0 Å². The minimum atomic E-state index is -0.112. The van der Waals surface area contributed by atoms with Crippen LogP contribution in [0.2, 0.25) is 0 Å². The first-order valence-corrected chi connectivity index (χ1v) is 7.21. The molecule has 0 atom stereocenters. The molecule has 1 amide bonds. The average molecular weight is 290 g/mol. The predicted molar refractivity (Wildman–Crippen MR) is 79.0 cm³/mol. The molecule has 2 aromatic rings. The molecular formula is C14H22N6O. The topological polar surface area (TPSA) is 77.6 Å². The smallest absolute Gasteiger partial charge is 0.269 e. The highest BCUT2D eigenvalue weighted by Crippen LogP contribution is 2.13. The van der Waals surface area contributed by atoms with Crippen molar-refractivity contribution in [2.75, 3.05) is 6.54 Å². The normalized spacial score (nSPS) is 11.1. The molecule has 0 spiro atoms. The third kappa shape index (κ3) is 3.48. The van der Waals surface area contributed by atoms with Gasteiger partial charge in [-0.25, -0.2) is 0 Å². The standard InChI is InChI=1S/C14H22N6O/c1-5-20-9-16-17-13(20)6-7-15-14(21)12-8-11(10(2)3)18-19(12)4/h8-10H,5-7H2,1-4H3,(H,15,21). The van der Waals surface area contributed by atoms with Gasteiger partial charge in [0.2, 0.25) is 0 Å². The summed E-state index contributed by atoms with van der Waals surface area (Å²) < 4.78 is 3.59. The van der Waals surface area contributed by atoms with Gasteiger partial charge in [0.25, 0.3) is 5.91 Å². The summed E-state index contributed by atoms with van der Waals surface area (Å²) in [5.74, 6) is 1.07. The van der Waals surface area contributed by atoms with Crippen molar-refractivity contribution in [2.45, 2.75) is 39.7 Å². The summed E-state index contributed by atoms with van der Waals surface area (Å²) >= 11 is 0. The number of nitrogens with zero attached hydrogens (tertiary/aromatic N) is 5. The maximum absolute atomic E-state index is 12.2. The van der Waals surface area contributed by atoms with E-state index in [-0.39, 0.29) is 5.91 Å². The van der Waals surface area contributed by atoms with Gasteiger partial charge in [0.05, 0.1) is 5.69 Å². The van der Waals surface area contributed by atoms with Crippen LogP contribution in [0.4, 0.5) is 0 Å². The zero-order valence-electron chi connectivity index (χ0n) is 13.0. The molecular weight excluding hydrogens is 268 g/mol. The lowest BCUT2D eigenvalue weighted by Gasteiger charge is -2.05. The molecule has 114 valence electrons. The Labute approximate surface area is 124 Å². The summed E-state index contributed by atoms with van der Waals surface area (Å²) in [6, 6.07) is 1.84. The zero-order valence-corrected chi connectivity index (χ0v) is 13.0. The fraction of sp³-hybridized carbons (Fsp3) is 0.571. The predicted octanol–water partition coefficient (Wildman–Crippen LogP) is 1.13. The molecule has 1 N–H and O–H groups in total. The highest BCUT2D eigenvalue weighted by Gasteiger charge is 2.14. The van der Waals surface area contributed by atoms with Gasteiger partial charge < -0.3 is 9.88 Å². The molecule has 0 radical (unpaired) electrons. The van der Waals surface area contributed by atoms with Crippen molar-refractivity contribution < 1.29 is 4.79 Å². The van der Waals surface area contributed by atoms with Crippen LogP contribution in [0, 0.1) is 0 Å². The maximum atomic E-state index is 12.2. The van der Waals surface area contributed by atoms with E-state index >= 15 is 0 Å². The molecule has 0 aliphatic heterocycles. The molecule has 0 saturated carbocycles. The Hall–Kier alpha value is -2.18. The van der Waals surface area contributed by atoms with Gasteiger partial charge in [-0.15, -0.1) is 10.2 Å². The van der Waals surface area contributed by atoms with E-state index in [0.29, 0.717) is 24.6 Å². The Kier molecular flexibility index (Phi) is 4.72. The number of aryl methyl sites for hydroxylation is 2. The lowest BCUT2D eigenvalue weighted by atomic mass is 10.1. The number of aromatic nitrogens is 5. The number of hydrogen-bond acceptors (Lipinski definition) is 4. The van der Waals surface area contributed by atoms with Crippen molar-refractivity contribution in [1.82, 2.24) is 29.9 Å². The van der Waals surface area contributed by atoms with Crippen molar-refractivity contribution in [2.24, 2.45) is 7.05 Å². The Bertz CT molecular complexity index is 613. The van der Waals surface area contributed by atoms with Crippen LogP contribution < -0.4 is 5.32 Å². The van der Waals surface area contributed by atoms with Crippen molar-refractivity contribution >= 4 is 5.91 Å². The SMILES string of the molecule is CCn1cnnc1CCNC(=O)c1cc(C(C)C)nn1C. The van der Waals surface area contributed by atoms with E-state index in [9.17, 15) is 4.79 Å². The lowest BCUT2D eigenvalue weighted by molar-refractivity contribution is 0.0944. The molecule has 2 aromatic heterocycles. The van der Waals surface area contributed by atoms with Crippen LogP contribution in [0.15, 0.2) is 12.4 Å². The fourth-order valence-electron chi connectivity index (χ4n) is 2.10. The summed E-state index contributed by atoms with van der Waals surface area (Å²) in [6.45, 7) is 7.51. The van der Waals surface area contributed by atoms with Crippen LogP contribution in [-0.4, -0.2) is 37.0 Å². The number of carbonyl (C=O) groups is 1. The van der Waals surface area contributed by atoms with E-state index in [2.05, 4.69) is 34.5 Å². The lowest BCUT2D eigenvalue weighted by Crippen LogP contribution is -2.28. The van der Waals surface area contributed by atoms with E-state index in [1.807, 2.05) is 17.6 Å². The molecule has 0 aromatic carbocycles. The molecule has 21 heavy (non-hydrogen) atoms. The molecule has 7 heteroatoms. The van der Waals surface area contributed by atoms with E-state index in [4.69, 9.17) is 0 Å². The van der Waals surface area contributed by atoms with Gasteiger partial charge in [-0.3, -0.25) is 9.48 Å². The summed E-state index contributed by atoms with van der Waals surface area (Å²) in [5, 5.41) is 15.2. The number of rotatable bonds is 6. The summed E-state index contributed by atoms with van der Waals surface area (Å²) in [5.41, 5.74) is 1.50. The Morgan fingerprint density at radius 2 is 2.19 bits per heavy atom. The van der Waals surface area contributed by atoms with Gasteiger partial charge in [-0.1, -0.05) is 13.8 Å². The molecule has 2 rings (SSSR count). The number of hydrogen-bond donors (Lipinski definition) is 1. The van der Waals surface area contributed by atoms with Crippen LogP contribution in [0.25, 0.3) is 0 Å². The van der Waals surface area contributed by atoms with Gasteiger partial charge in [0.15, 0.2) is 0 Å². The van der Waals surface area contributed by atoms with Gasteiger partial charge in [0, 0.05) is 26.6 Å². The van der Waals surface area contributed by atoms with Gasteiger partial charge in [-0.2, -0.15) is 5.10 Å². The summed E-state index contributed by atoms with van der Waals surface area (Å²) in [6.07, 6.45) is 2.36. The summed E-state index contributed by atoms with van der Waals surface area (Å²) in [7, 11) is 1.79. The highest BCUT2D eigenvalue weighted by molar-refractivity contribution is 5.92. The largest absolute Gasteiger partial charge is 0.350 e. The first kappa shape index (κ1) is 15.2. The number of amides is 1. The summed E-state index contributed by atoms with van der Waals surface area (Å²) in [4.78, 5) is 12.2. The van der Waals surface area contributed by atoms with Gasteiger partial charge in [-0.05, 0) is 18.9 Å². The second-order valence-corrected chi connectivity index (χ2v) is 5.27. The van der Waals surface area contributed by atoms with Gasteiger partial charge in [0.1, 0.15) is 17.8 Å². The van der Waals surface area contributed by atoms with E-state index < -0.39 is 0 Å². The third-order valence-electron chi connectivity index (χ3n) is 3.39.